The molecule has 2 nitrogen and oxygen atoms in total. The fraction of sp³-hybridized carbons (Fsp3) is 0.615. The molecule has 1 saturated heterocycles. The van der Waals surface area contributed by atoms with Gasteiger partial charge in [0, 0.05) is 10.9 Å². The van der Waals surface area contributed by atoms with Gasteiger partial charge in [0.15, 0.2) is 5.78 Å². The maximum atomic E-state index is 12.0. The van der Waals surface area contributed by atoms with Crippen LogP contribution in [0.2, 0.25) is 0 Å². The summed E-state index contributed by atoms with van der Waals surface area (Å²) >= 11 is 1.61. The smallest absolute Gasteiger partial charge is 0.186 e. The number of hydrogen-bond donors (Lipinski definition) is 0. The highest BCUT2D eigenvalue weighted by molar-refractivity contribution is 7.14. The van der Waals surface area contributed by atoms with Crippen LogP contribution in [0.1, 0.15) is 40.7 Å². The van der Waals surface area contributed by atoms with Crippen LogP contribution in [0.3, 0.4) is 0 Å². The van der Waals surface area contributed by atoms with Crippen LogP contribution >= 0.6 is 11.3 Å². The van der Waals surface area contributed by atoms with E-state index in [1.54, 1.807) is 11.3 Å². The van der Waals surface area contributed by atoms with Gasteiger partial charge in [-0.1, -0.05) is 6.92 Å². The first-order valence-electron chi connectivity index (χ1n) is 6.04. The molecule has 1 aromatic rings. The Hall–Kier alpha value is -0.670. The van der Waals surface area contributed by atoms with E-state index in [9.17, 15) is 4.79 Å². The minimum atomic E-state index is 0.290. The fourth-order valence-corrected chi connectivity index (χ4v) is 3.21. The second-order valence-electron chi connectivity index (χ2n) is 4.51. The quantitative estimate of drug-likeness (QED) is 0.750. The molecule has 1 atom stereocenters. The molecule has 0 amide bonds. The van der Waals surface area contributed by atoms with Crippen LogP contribution in [0.5, 0.6) is 0 Å². The number of likely N-dealkylation sites (tertiary alicyclic amines) is 1. The zero-order valence-corrected chi connectivity index (χ0v) is 10.8. The maximum absolute atomic E-state index is 12.0. The highest BCUT2D eigenvalue weighted by atomic mass is 32.1. The third-order valence-corrected chi connectivity index (χ3v) is 4.37. The third-order valence-electron chi connectivity index (χ3n) is 3.33. The first-order chi connectivity index (χ1) is 7.70. The lowest BCUT2D eigenvalue weighted by Gasteiger charge is -2.21. The number of nitrogens with zero attached hydrogens (tertiary/aromatic N) is 1. The number of ketones is 1. The van der Waals surface area contributed by atoms with Gasteiger partial charge in [-0.3, -0.25) is 9.69 Å². The SMILES string of the molecule is CCC1CCCN1CC(=O)c1ccc(C)s1. The summed E-state index contributed by atoms with van der Waals surface area (Å²) in [5.41, 5.74) is 0. The van der Waals surface area contributed by atoms with Crippen LogP contribution in [-0.4, -0.2) is 29.8 Å². The van der Waals surface area contributed by atoms with Crippen molar-refractivity contribution in [1.82, 2.24) is 4.90 Å². The number of carbonyl (C=O) groups excluding carboxylic acids is 1. The number of hydrogen-bond acceptors (Lipinski definition) is 3. The Morgan fingerprint density at radius 2 is 2.38 bits per heavy atom. The summed E-state index contributed by atoms with van der Waals surface area (Å²) in [4.78, 5) is 16.5. The first kappa shape index (κ1) is 11.8. The van der Waals surface area contributed by atoms with E-state index in [0.717, 1.165) is 17.8 Å². The van der Waals surface area contributed by atoms with E-state index in [2.05, 4.69) is 11.8 Å². The lowest BCUT2D eigenvalue weighted by Crippen LogP contribution is -2.33. The summed E-state index contributed by atoms with van der Waals surface area (Å²) in [5, 5.41) is 0. The maximum Gasteiger partial charge on any atom is 0.186 e. The summed E-state index contributed by atoms with van der Waals surface area (Å²) in [6, 6.07) is 4.61. The lowest BCUT2D eigenvalue weighted by molar-refractivity contribution is 0.0924. The molecule has 1 unspecified atom stereocenters. The van der Waals surface area contributed by atoms with Crippen molar-refractivity contribution in [2.75, 3.05) is 13.1 Å². The Morgan fingerprint density at radius 1 is 1.56 bits per heavy atom. The Labute approximate surface area is 101 Å². The predicted molar refractivity (Wildman–Crippen MR) is 68.3 cm³/mol. The molecule has 0 aromatic carbocycles. The van der Waals surface area contributed by atoms with E-state index < -0.39 is 0 Å². The number of carbonyl (C=O) groups is 1. The minimum absolute atomic E-state index is 0.290. The van der Waals surface area contributed by atoms with E-state index in [1.165, 1.54) is 17.7 Å². The molecule has 0 radical (unpaired) electrons. The summed E-state index contributed by atoms with van der Waals surface area (Å²) in [6.45, 7) is 5.96. The van der Waals surface area contributed by atoms with Crippen LogP contribution in [0.25, 0.3) is 0 Å². The van der Waals surface area contributed by atoms with Gasteiger partial charge >= 0.3 is 0 Å². The van der Waals surface area contributed by atoms with Gasteiger partial charge in [0.05, 0.1) is 11.4 Å². The van der Waals surface area contributed by atoms with Gasteiger partial charge in [0.1, 0.15) is 0 Å². The van der Waals surface area contributed by atoms with Gasteiger partial charge in [-0.15, -0.1) is 11.3 Å². The minimum Gasteiger partial charge on any atom is -0.293 e. The molecular formula is C13H19NOS. The molecule has 1 aliphatic heterocycles. The molecule has 0 aliphatic carbocycles. The lowest BCUT2D eigenvalue weighted by atomic mass is 10.1. The Morgan fingerprint density at radius 3 is 3.00 bits per heavy atom. The van der Waals surface area contributed by atoms with Gasteiger partial charge in [0.25, 0.3) is 0 Å². The normalized spacial score (nSPS) is 21.5. The zero-order chi connectivity index (χ0) is 11.5. The molecule has 2 rings (SSSR count). The van der Waals surface area contributed by atoms with Crippen LogP contribution in [0, 0.1) is 6.92 Å². The van der Waals surface area contributed by atoms with Gasteiger partial charge < -0.3 is 0 Å². The molecular weight excluding hydrogens is 218 g/mol. The van der Waals surface area contributed by atoms with E-state index in [0.29, 0.717) is 18.4 Å². The van der Waals surface area contributed by atoms with Crippen LogP contribution < -0.4 is 0 Å². The molecule has 1 aromatic heterocycles. The molecule has 0 saturated carbocycles. The highest BCUT2D eigenvalue weighted by Crippen LogP contribution is 2.21. The summed E-state index contributed by atoms with van der Waals surface area (Å²) < 4.78 is 0. The first-order valence-corrected chi connectivity index (χ1v) is 6.86. The molecule has 16 heavy (non-hydrogen) atoms. The molecule has 0 N–H and O–H groups in total. The van der Waals surface area contributed by atoms with Crippen molar-refractivity contribution in [3.8, 4) is 0 Å². The topological polar surface area (TPSA) is 20.3 Å². The summed E-state index contributed by atoms with van der Waals surface area (Å²) in [5.74, 6) is 0.290. The number of rotatable bonds is 4. The Bertz CT molecular complexity index is 372. The molecule has 1 aliphatic rings. The van der Waals surface area contributed by atoms with Gasteiger partial charge in [-0.05, 0) is 44.9 Å². The van der Waals surface area contributed by atoms with Crippen molar-refractivity contribution in [1.29, 1.82) is 0 Å². The molecule has 1 fully saturated rings. The van der Waals surface area contributed by atoms with E-state index in [-0.39, 0.29) is 0 Å². The van der Waals surface area contributed by atoms with Gasteiger partial charge in [-0.25, -0.2) is 0 Å². The molecule has 2 heterocycles. The van der Waals surface area contributed by atoms with Crippen molar-refractivity contribution < 1.29 is 4.79 Å². The van der Waals surface area contributed by atoms with Gasteiger partial charge in [-0.2, -0.15) is 0 Å². The summed E-state index contributed by atoms with van der Waals surface area (Å²) in [6.07, 6.45) is 3.67. The fourth-order valence-electron chi connectivity index (χ4n) is 2.41. The zero-order valence-electron chi connectivity index (χ0n) is 10.0. The largest absolute Gasteiger partial charge is 0.293 e. The molecule has 0 bridgehead atoms. The second-order valence-corrected chi connectivity index (χ2v) is 5.80. The number of Topliss-reactive ketones (excluding diaryl/α,β-unsaturated/α-hetero) is 1. The van der Waals surface area contributed by atoms with Crippen molar-refractivity contribution in [3.05, 3.63) is 21.9 Å². The predicted octanol–water partition coefficient (Wildman–Crippen LogP) is 3.11. The van der Waals surface area contributed by atoms with Crippen LogP contribution in [0.4, 0.5) is 0 Å². The van der Waals surface area contributed by atoms with Crippen LogP contribution in [-0.2, 0) is 0 Å². The van der Waals surface area contributed by atoms with E-state index >= 15 is 0 Å². The summed E-state index contributed by atoms with van der Waals surface area (Å²) in [7, 11) is 0. The standard InChI is InChI=1S/C13H19NOS/c1-3-11-5-4-8-14(11)9-12(15)13-7-6-10(2)16-13/h6-7,11H,3-5,8-9H2,1-2H3. The molecule has 88 valence electrons. The second kappa shape index (κ2) is 5.11. The van der Waals surface area contributed by atoms with E-state index in [4.69, 9.17) is 0 Å². The molecule has 3 heteroatoms. The van der Waals surface area contributed by atoms with E-state index in [1.807, 2.05) is 19.1 Å². The average Bonchev–Trinajstić information content (AvgIpc) is 2.86. The average molecular weight is 237 g/mol. The van der Waals surface area contributed by atoms with Crippen molar-refractivity contribution >= 4 is 17.1 Å². The van der Waals surface area contributed by atoms with Crippen molar-refractivity contribution in [3.63, 3.8) is 0 Å². The van der Waals surface area contributed by atoms with Crippen molar-refractivity contribution in [2.45, 2.75) is 39.2 Å². The van der Waals surface area contributed by atoms with Gasteiger partial charge in [0.2, 0.25) is 0 Å². The van der Waals surface area contributed by atoms with Crippen molar-refractivity contribution in [2.24, 2.45) is 0 Å². The highest BCUT2D eigenvalue weighted by Gasteiger charge is 2.25. The van der Waals surface area contributed by atoms with Crippen LogP contribution in [0.15, 0.2) is 12.1 Å². The third kappa shape index (κ3) is 2.53. The Kier molecular flexibility index (Phi) is 3.77. The molecule has 0 spiro atoms. The Balaban J connectivity index is 1.97. The number of aryl methyl sites for hydroxylation is 1. The number of thiophene rings is 1. The monoisotopic (exact) mass is 237 g/mol.